The fourth-order valence-electron chi connectivity index (χ4n) is 2.15. The predicted molar refractivity (Wildman–Crippen MR) is 79.4 cm³/mol. The number of anilines is 1. The van der Waals surface area contributed by atoms with Crippen molar-refractivity contribution in [3.8, 4) is 0 Å². The van der Waals surface area contributed by atoms with Crippen molar-refractivity contribution in [2.45, 2.75) is 0 Å². The van der Waals surface area contributed by atoms with Crippen LogP contribution in [0, 0.1) is 0 Å². The van der Waals surface area contributed by atoms with Gasteiger partial charge in [-0.05, 0) is 6.07 Å². The van der Waals surface area contributed by atoms with Gasteiger partial charge in [0.2, 0.25) is 0 Å². The van der Waals surface area contributed by atoms with Gasteiger partial charge in [-0.25, -0.2) is 4.99 Å². The summed E-state index contributed by atoms with van der Waals surface area (Å²) < 4.78 is 0. The number of para-hydroxylation sites is 1. The molecule has 0 spiro atoms. The smallest absolute Gasteiger partial charge is 0.275 e. The first kappa shape index (κ1) is 12.2. The summed E-state index contributed by atoms with van der Waals surface area (Å²) in [4.78, 5) is 16.4. The molecule has 98 valence electrons. The second-order valence-corrected chi connectivity index (χ2v) is 4.38. The van der Waals surface area contributed by atoms with Crippen LogP contribution in [-0.2, 0) is 4.79 Å². The number of nitrogens with zero attached hydrogens (tertiary/aromatic N) is 1. The minimum Gasteiger partial charge on any atom is -0.403 e. The number of benzodiazepines with no additional fused rings is 1. The van der Waals surface area contributed by atoms with Crippen molar-refractivity contribution in [2.24, 2.45) is 10.7 Å². The normalized spacial score (nSPS) is 16.1. The molecule has 2 aromatic carbocycles. The highest BCUT2D eigenvalue weighted by Crippen LogP contribution is 2.24. The monoisotopic (exact) mass is 263 g/mol. The number of fused-ring (bicyclic) bond motifs is 1. The van der Waals surface area contributed by atoms with E-state index in [1.54, 1.807) is 0 Å². The lowest BCUT2D eigenvalue weighted by atomic mass is 10.0. The second kappa shape index (κ2) is 5.01. The summed E-state index contributed by atoms with van der Waals surface area (Å²) in [5.74, 6) is -0.300. The first-order valence-corrected chi connectivity index (χ1v) is 6.26. The van der Waals surface area contributed by atoms with E-state index in [4.69, 9.17) is 5.73 Å². The highest BCUT2D eigenvalue weighted by atomic mass is 16.2. The third kappa shape index (κ3) is 2.07. The lowest BCUT2D eigenvalue weighted by Gasteiger charge is -2.08. The zero-order valence-corrected chi connectivity index (χ0v) is 10.7. The summed E-state index contributed by atoms with van der Waals surface area (Å²) in [5.41, 5.74) is 9.00. The van der Waals surface area contributed by atoms with Crippen molar-refractivity contribution in [2.75, 3.05) is 5.32 Å². The van der Waals surface area contributed by atoms with Gasteiger partial charge >= 0.3 is 0 Å². The number of benzene rings is 2. The number of amides is 1. The van der Waals surface area contributed by atoms with Crippen LogP contribution in [-0.4, -0.2) is 11.6 Å². The molecule has 0 saturated heterocycles. The molecule has 4 nitrogen and oxygen atoms in total. The Labute approximate surface area is 116 Å². The molecule has 1 amide bonds. The Hall–Kier alpha value is -2.88. The molecule has 0 unspecified atom stereocenters. The average molecular weight is 263 g/mol. The molecule has 2 aromatic rings. The highest BCUT2D eigenvalue weighted by Gasteiger charge is 2.20. The molecule has 1 aliphatic rings. The van der Waals surface area contributed by atoms with Gasteiger partial charge in [0, 0.05) is 17.3 Å². The van der Waals surface area contributed by atoms with E-state index in [9.17, 15) is 4.79 Å². The molecule has 20 heavy (non-hydrogen) atoms. The number of carbonyl (C=O) groups is 1. The predicted octanol–water partition coefficient (Wildman–Crippen LogP) is 2.28. The van der Waals surface area contributed by atoms with Gasteiger partial charge in [0.05, 0.1) is 11.4 Å². The molecule has 0 bridgehead atoms. The Morgan fingerprint density at radius 1 is 1.00 bits per heavy atom. The summed E-state index contributed by atoms with van der Waals surface area (Å²) in [6.07, 6.45) is 1.23. The van der Waals surface area contributed by atoms with Crippen molar-refractivity contribution in [3.05, 3.63) is 77.6 Å². The number of carbonyl (C=O) groups excluding carboxylic acids is 1. The minimum atomic E-state index is -0.300. The van der Waals surface area contributed by atoms with Gasteiger partial charge in [0.25, 0.3) is 5.91 Å². The second-order valence-electron chi connectivity index (χ2n) is 4.38. The van der Waals surface area contributed by atoms with Crippen molar-refractivity contribution >= 4 is 17.3 Å². The molecule has 3 rings (SSSR count). The van der Waals surface area contributed by atoms with Crippen LogP contribution in [0.25, 0.3) is 0 Å². The van der Waals surface area contributed by atoms with E-state index in [-0.39, 0.29) is 11.6 Å². The minimum absolute atomic E-state index is 0.208. The van der Waals surface area contributed by atoms with Gasteiger partial charge < -0.3 is 11.1 Å². The number of nitrogens with two attached hydrogens (primary N) is 1. The van der Waals surface area contributed by atoms with Crippen LogP contribution in [0.3, 0.4) is 0 Å². The van der Waals surface area contributed by atoms with E-state index in [0.29, 0.717) is 0 Å². The average Bonchev–Trinajstić information content (AvgIpc) is 2.64. The third-order valence-electron chi connectivity index (χ3n) is 3.10. The number of nitrogens with one attached hydrogen (secondary N) is 1. The Kier molecular flexibility index (Phi) is 3.05. The van der Waals surface area contributed by atoms with Gasteiger partial charge in [-0.3, -0.25) is 4.79 Å². The molecule has 0 aliphatic carbocycles. The van der Waals surface area contributed by atoms with E-state index in [1.165, 1.54) is 6.20 Å². The van der Waals surface area contributed by atoms with E-state index < -0.39 is 0 Å². The van der Waals surface area contributed by atoms with Crippen LogP contribution >= 0.6 is 0 Å². The fourth-order valence-corrected chi connectivity index (χ4v) is 2.15. The molecule has 0 fully saturated rings. The van der Waals surface area contributed by atoms with E-state index in [0.717, 1.165) is 22.5 Å². The van der Waals surface area contributed by atoms with Crippen LogP contribution in [0.4, 0.5) is 5.69 Å². The fraction of sp³-hybridized carbons (Fsp3) is 0. The van der Waals surface area contributed by atoms with Gasteiger partial charge in [-0.15, -0.1) is 0 Å². The summed E-state index contributed by atoms with van der Waals surface area (Å²) in [7, 11) is 0. The highest BCUT2D eigenvalue weighted by molar-refractivity contribution is 6.21. The molecular weight excluding hydrogens is 250 g/mol. The van der Waals surface area contributed by atoms with Gasteiger partial charge in [-0.1, -0.05) is 48.5 Å². The van der Waals surface area contributed by atoms with Crippen molar-refractivity contribution < 1.29 is 4.79 Å². The first-order chi connectivity index (χ1) is 9.79. The topological polar surface area (TPSA) is 67.5 Å². The number of hydrogen-bond donors (Lipinski definition) is 2. The first-order valence-electron chi connectivity index (χ1n) is 6.26. The maximum atomic E-state index is 12.0. The molecule has 0 aromatic heterocycles. The molecule has 1 heterocycles. The molecule has 0 radical (unpaired) electrons. The largest absolute Gasteiger partial charge is 0.403 e. The van der Waals surface area contributed by atoms with Crippen LogP contribution in [0.2, 0.25) is 0 Å². The zero-order chi connectivity index (χ0) is 13.9. The van der Waals surface area contributed by atoms with Crippen LogP contribution in [0.15, 0.2) is 71.5 Å². The van der Waals surface area contributed by atoms with Crippen molar-refractivity contribution in [1.29, 1.82) is 0 Å². The number of aliphatic imine (C=N–C) groups is 1. The van der Waals surface area contributed by atoms with Crippen molar-refractivity contribution in [3.63, 3.8) is 0 Å². The molecule has 0 atom stereocenters. The van der Waals surface area contributed by atoms with Crippen molar-refractivity contribution in [1.82, 2.24) is 0 Å². The van der Waals surface area contributed by atoms with E-state index >= 15 is 0 Å². The number of hydrogen-bond acceptors (Lipinski definition) is 3. The Morgan fingerprint density at radius 3 is 2.45 bits per heavy atom. The maximum Gasteiger partial charge on any atom is 0.275 e. The SMILES string of the molecule is N/C=C1/N=C(c2ccccc2)c2ccccc2NC1=O. The third-order valence-corrected chi connectivity index (χ3v) is 3.10. The van der Waals surface area contributed by atoms with Gasteiger partial charge in [0.1, 0.15) is 5.70 Å². The Balaban J connectivity index is 2.25. The summed E-state index contributed by atoms with van der Waals surface area (Å²) in [6, 6.07) is 17.3. The lowest BCUT2D eigenvalue weighted by Crippen LogP contribution is -2.13. The van der Waals surface area contributed by atoms with Gasteiger partial charge in [-0.2, -0.15) is 0 Å². The molecule has 3 N–H and O–H groups in total. The maximum absolute atomic E-state index is 12.0. The summed E-state index contributed by atoms with van der Waals surface area (Å²) >= 11 is 0. The van der Waals surface area contributed by atoms with Crippen LogP contribution < -0.4 is 11.1 Å². The van der Waals surface area contributed by atoms with E-state index in [1.807, 2.05) is 54.6 Å². The van der Waals surface area contributed by atoms with Gasteiger partial charge in [0.15, 0.2) is 0 Å². The molecular formula is C16H13N3O. The zero-order valence-electron chi connectivity index (χ0n) is 10.7. The quantitative estimate of drug-likeness (QED) is 0.775. The number of rotatable bonds is 1. The molecule has 1 aliphatic heterocycles. The molecule has 4 heteroatoms. The van der Waals surface area contributed by atoms with E-state index in [2.05, 4.69) is 10.3 Å². The summed E-state index contributed by atoms with van der Waals surface area (Å²) in [5, 5.41) is 2.82. The van der Waals surface area contributed by atoms with Crippen LogP contribution in [0.1, 0.15) is 11.1 Å². The molecule has 0 saturated carbocycles. The Morgan fingerprint density at radius 2 is 1.70 bits per heavy atom. The Bertz CT molecular complexity index is 718. The van der Waals surface area contributed by atoms with Crippen LogP contribution in [0.5, 0.6) is 0 Å². The standard InChI is InChI=1S/C16H13N3O/c17-10-14-16(20)19-13-9-5-4-8-12(13)15(18-14)11-6-2-1-3-7-11/h1-10H,17H2,(H,19,20)/b14-10+. The lowest BCUT2D eigenvalue weighted by molar-refractivity contribution is -0.112. The summed E-state index contributed by atoms with van der Waals surface area (Å²) in [6.45, 7) is 0.